The van der Waals surface area contributed by atoms with Gasteiger partial charge in [-0.3, -0.25) is 4.79 Å². The van der Waals surface area contributed by atoms with Gasteiger partial charge in [0.2, 0.25) is 5.91 Å². The van der Waals surface area contributed by atoms with Gasteiger partial charge in [-0.25, -0.2) is 5.01 Å². The molecule has 1 aliphatic rings. The summed E-state index contributed by atoms with van der Waals surface area (Å²) in [6.07, 6.45) is 0.576. The van der Waals surface area contributed by atoms with E-state index < -0.39 is 0 Å². The fraction of sp³-hybridized carbons (Fsp3) is 0.333. The van der Waals surface area contributed by atoms with Crippen LogP contribution in [0.15, 0.2) is 47.6 Å². The number of carbonyl (C=O) groups excluding carboxylic acids is 1. The molecule has 0 saturated carbocycles. The lowest BCUT2D eigenvalue weighted by Crippen LogP contribution is -2.24. The first kappa shape index (κ1) is 18.8. The molecule has 0 saturated heterocycles. The van der Waals surface area contributed by atoms with Crippen molar-refractivity contribution >= 4 is 11.6 Å². The Bertz CT molecular complexity index is 863. The fourth-order valence-electron chi connectivity index (χ4n) is 3.29. The molecule has 27 heavy (non-hydrogen) atoms. The lowest BCUT2D eigenvalue weighted by Gasteiger charge is -2.22. The number of amides is 1. The molecule has 1 unspecified atom stereocenters. The van der Waals surface area contributed by atoms with Crippen molar-refractivity contribution in [3.05, 3.63) is 53.6 Å². The van der Waals surface area contributed by atoms with Gasteiger partial charge in [-0.05, 0) is 31.2 Å². The number of hydrogen-bond acceptors (Lipinski definition) is 5. The summed E-state index contributed by atoms with van der Waals surface area (Å²) in [7, 11) is 3.22. The van der Waals surface area contributed by atoms with Gasteiger partial charge in [0.15, 0.2) is 0 Å². The Morgan fingerprint density at radius 1 is 1.15 bits per heavy atom. The first-order valence-corrected chi connectivity index (χ1v) is 8.90. The van der Waals surface area contributed by atoms with Gasteiger partial charge >= 0.3 is 0 Å². The second-order valence-electron chi connectivity index (χ2n) is 6.17. The quantitative estimate of drug-likeness (QED) is 0.778. The Kier molecular flexibility index (Phi) is 5.64. The summed E-state index contributed by atoms with van der Waals surface area (Å²) >= 11 is 0. The number of methoxy groups -OCH3 is 2. The maximum atomic E-state index is 12.3. The number of carbonyl (C=O) groups is 1. The maximum absolute atomic E-state index is 12.3. The normalized spacial score (nSPS) is 16.1. The first-order valence-electron chi connectivity index (χ1n) is 8.90. The van der Waals surface area contributed by atoms with Crippen LogP contribution in [0, 0.1) is 0 Å². The summed E-state index contributed by atoms with van der Waals surface area (Å²) in [6, 6.07) is 13.1. The average Bonchev–Trinajstić information content (AvgIpc) is 3.13. The van der Waals surface area contributed by atoms with Crippen LogP contribution >= 0.6 is 0 Å². The van der Waals surface area contributed by atoms with E-state index in [2.05, 4.69) is 5.10 Å². The molecule has 1 heterocycles. The minimum absolute atomic E-state index is 0.123. The lowest BCUT2D eigenvalue weighted by molar-refractivity contribution is -0.130. The number of hydrazone groups is 1. The Hall–Kier alpha value is -3.02. The zero-order valence-corrected chi connectivity index (χ0v) is 16.1. The number of rotatable bonds is 6. The molecule has 0 radical (unpaired) electrons. The van der Waals surface area contributed by atoms with E-state index >= 15 is 0 Å². The van der Waals surface area contributed by atoms with Gasteiger partial charge in [-0.15, -0.1) is 0 Å². The summed E-state index contributed by atoms with van der Waals surface area (Å²) in [5, 5.41) is 6.13. The van der Waals surface area contributed by atoms with Crippen LogP contribution in [-0.4, -0.2) is 37.5 Å². The van der Waals surface area contributed by atoms with Gasteiger partial charge in [0, 0.05) is 30.5 Å². The maximum Gasteiger partial charge on any atom is 0.240 e. The van der Waals surface area contributed by atoms with Crippen molar-refractivity contribution in [2.45, 2.75) is 26.3 Å². The number of para-hydroxylation sites is 1. The second kappa shape index (κ2) is 8.12. The predicted molar refractivity (Wildman–Crippen MR) is 104 cm³/mol. The molecule has 2 aromatic rings. The van der Waals surface area contributed by atoms with Crippen LogP contribution in [0.3, 0.4) is 0 Å². The summed E-state index contributed by atoms with van der Waals surface area (Å²) in [5.41, 5.74) is 2.61. The number of benzene rings is 2. The van der Waals surface area contributed by atoms with Crippen molar-refractivity contribution in [3.8, 4) is 17.2 Å². The van der Waals surface area contributed by atoms with Crippen LogP contribution in [0.25, 0.3) is 0 Å². The van der Waals surface area contributed by atoms with Crippen molar-refractivity contribution in [1.82, 2.24) is 5.01 Å². The van der Waals surface area contributed by atoms with Crippen LogP contribution < -0.4 is 14.2 Å². The molecular weight excluding hydrogens is 344 g/mol. The SMILES string of the molecule is CCOc1ccccc1C1=NN(C(C)=O)C(c2ccc(OC)cc2OC)C1. The molecule has 142 valence electrons. The van der Waals surface area contributed by atoms with Crippen LogP contribution in [0.2, 0.25) is 0 Å². The summed E-state index contributed by atoms with van der Waals surface area (Å²) in [6.45, 7) is 4.03. The third-order valence-corrected chi connectivity index (χ3v) is 4.53. The Morgan fingerprint density at radius 3 is 2.59 bits per heavy atom. The average molecular weight is 368 g/mol. The second-order valence-corrected chi connectivity index (χ2v) is 6.17. The standard InChI is InChI=1S/C21H24N2O4/c1-5-27-20-9-7-6-8-16(20)18-13-19(23(22-18)14(2)24)17-11-10-15(25-3)12-21(17)26-4/h6-12,19H,5,13H2,1-4H3. The monoisotopic (exact) mass is 368 g/mol. The topological polar surface area (TPSA) is 60.4 Å². The molecular formula is C21H24N2O4. The number of ether oxygens (including phenoxy) is 3. The minimum atomic E-state index is -0.243. The molecule has 6 nitrogen and oxygen atoms in total. The van der Waals surface area contributed by atoms with Gasteiger partial charge in [0.25, 0.3) is 0 Å². The largest absolute Gasteiger partial charge is 0.497 e. The zero-order chi connectivity index (χ0) is 19.4. The third kappa shape index (κ3) is 3.74. The predicted octanol–water partition coefficient (Wildman–Crippen LogP) is 3.80. The Balaban J connectivity index is 2.00. The highest BCUT2D eigenvalue weighted by Crippen LogP contribution is 2.40. The van der Waals surface area contributed by atoms with E-state index in [0.29, 0.717) is 24.5 Å². The van der Waals surface area contributed by atoms with Crippen molar-refractivity contribution < 1.29 is 19.0 Å². The van der Waals surface area contributed by atoms with Gasteiger partial charge < -0.3 is 14.2 Å². The van der Waals surface area contributed by atoms with Gasteiger partial charge in [-0.1, -0.05) is 12.1 Å². The van der Waals surface area contributed by atoms with Crippen molar-refractivity contribution in [3.63, 3.8) is 0 Å². The lowest BCUT2D eigenvalue weighted by atomic mass is 9.97. The van der Waals surface area contributed by atoms with E-state index in [1.54, 1.807) is 14.2 Å². The van der Waals surface area contributed by atoms with E-state index in [4.69, 9.17) is 14.2 Å². The zero-order valence-electron chi connectivity index (χ0n) is 16.1. The minimum Gasteiger partial charge on any atom is -0.497 e. The van der Waals surface area contributed by atoms with Gasteiger partial charge in [0.05, 0.1) is 32.6 Å². The van der Waals surface area contributed by atoms with Crippen LogP contribution in [0.5, 0.6) is 17.2 Å². The molecule has 0 fully saturated rings. The van der Waals surface area contributed by atoms with Crippen LogP contribution in [0.1, 0.15) is 37.4 Å². The molecule has 0 aromatic heterocycles. The Labute approximate surface area is 159 Å². The molecule has 1 aliphatic heterocycles. The summed E-state index contributed by atoms with van der Waals surface area (Å²) < 4.78 is 16.5. The molecule has 6 heteroatoms. The summed E-state index contributed by atoms with van der Waals surface area (Å²) in [5.74, 6) is 2.01. The first-order chi connectivity index (χ1) is 13.1. The van der Waals surface area contributed by atoms with Crippen molar-refractivity contribution in [2.75, 3.05) is 20.8 Å². The molecule has 2 aromatic carbocycles. The van der Waals surface area contributed by atoms with Crippen molar-refractivity contribution in [2.24, 2.45) is 5.10 Å². The molecule has 1 amide bonds. The molecule has 0 N–H and O–H groups in total. The van der Waals surface area contributed by atoms with Crippen LogP contribution in [0.4, 0.5) is 0 Å². The van der Waals surface area contributed by atoms with E-state index in [0.717, 1.165) is 22.6 Å². The highest BCUT2D eigenvalue weighted by molar-refractivity contribution is 6.05. The molecule has 1 atom stereocenters. The van der Waals surface area contributed by atoms with Gasteiger partial charge in [0.1, 0.15) is 17.2 Å². The fourth-order valence-corrected chi connectivity index (χ4v) is 3.29. The van der Waals surface area contributed by atoms with E-state index in [9.17, 15) is 4.79 Å². The molecule has 3 rings (SSSR count). The summed E-state index contributed by atoms with van der Waals surface area (Å²) in [4.78, 5) is 12.3. The third-order valence-electron chi connectivity index (χ3n) is 4.53. The smallest absolute Gasteiger partial charge is 0.240 e. The number of hydrogen-bond donors (Lipinski definition) is 0. The van der Waals surface area contributed by atoms with Gasteiger partial charge in [-0.2, -0.15) is 5.10 Å². The highest BCUT2D eigenvalue weighted by atomic mass is 16.5. The highest BCUT2D eigenvalue weighted by Gasteiger charge is 2.34. The van der Waals surface area contributed by atoms with E-state index in [1.165, 1.54) is 11.9 Å². The van der Waals surface area contributed by atoms with E-state index in [1.807, 2.05) is 49.4 Å². The molecule has 0 aliphatic carbocycles. The van der Waals surface area contributed by atoms with Crippen molar-refractivity contribution in [1.29, 1.82) is 0 Å². The molecule has 0 spiro atoms. The van der Waals surface area contributed by atoms with E-state index in [-0.39, 0.29) is 11.9 Å². The van der Waals surface area contributed by atoms with Crippen LogP contribution in [-0.2, 0) is 4.79 Å². The Morgan fingerprint density at radius 2 is 1.93 bits per heavy atom. The molecule has 0 bridgehead atoms. The number of nitrogens with zero attached hydrogens (tertiary/aromatic N) is 2.